The van der Waals surface area contributed by atoms with Gasteiger partial charge in [0.15, 0.2) is 6.23 Å². The second-order valence-corrected chi connectivity index (χ2v) is 7.21. The molecule has 0 bridgehead atoms. The lowest BCUT2D eigenvalue weighted by molar-refractivity contribution is -0.137. The van der Waals surface area contributed by atoms with Crippen molar-refractivity contribution in [1.29, 1.82) is 0 Å². The molecule has 2 rings (SSSR count). The molecular weight excluding hydrogens is 353 g/mol. The second kappa shape index (κ2) is 6.42. The lowest BCUT2D eigenvalue weighted by Gasteiger charge is -2.23. The standard InChI is InChI=1S/C16H21F3N4O3/c1-8-12(24)23(14(26)22(8)5)11-6-9(16(17,18)19)10(7-20-11)21-13(25)15(2,3)4/h6-8,12,24H,1-5H3,(H,21,25). The summed E-state index contributed by atoms with van der Waals surface area (Å²) in [4.78, 5) is 30.0. The molecule has 26 heavy (non-hydrogen) atoms. The molecule has 2 unspecified atom stereocenters. The van der Waals surface area contributed by atoms with E-state index >= 15 is 0 Å². The highest BCUT2D eigenvalue weighted by Gasteiger charge is 2.43. The molecule has 144 valence electrons. The van der Waals surface area contributed by atoms with Crippen LogP contribution in [0.25, 0.3) is 0 Å². The summed E-state index contributed by atoms with van der Waals surface area (Å²) in [5, 5.41) is 12.4. The third-order valence-electron chi connectivity index (χ3n) is 4.19. The Bertz CT molecular complexity index is 730. The van der Waals surface area contributed by atoms with Crippen LogP contribution in [0.1, 0.15) is 33.3 Å². The maximum atomic E-state index is 13.5. The number of urea groups is 1. The van der Waals surface area contributed by atoms with Crippen LogP contribution in [0.15, 0.2) is 12.3 Å². The summed E-state index contributed by atoms with van der Waals surface area (Å²) < 4.78 is 40.4. The first-order chi connectivity index (χ1) is 11.7. The van der Waals surface area contributed by atoms with Gasteiger partial charge in [0.2, 0.25) is 5.91 Å². The van der Waals surface area contributed by atoms with Crippen molar-refractivity contribution < 1.29 is 27.9 Å². The average Bonchev–Trinajstić information content (AvgIpc) is 2.70. The molecule has 0 radical (unpaired) electrons. The molecule has 1 aromatic rings. The number of anilines is 2. The van der Waals surface area contributed by atoms with Crippen molar-refractivity contribution in [3.05, 3.63) is 17.8 Å². The van der Waals surface area contributed by atoms with Crippen molar-refractivity contribution >= 4 is 23.4 Å². The van der Waals surface area contributed by atoms with E-state index in [4.69, 9.17) is 0 Å². The normalized spacial score (nSPS) is 21.3. The Morgan fingerprint density at radius 1 is 1.31 bits per heavy atom. The zero-order chi connectivity index (χ0) is 20.0. The number of carbonyl (C=O) groups excluding carboxylic acids is 2. The van der Waals surface area contributed by atoms with Crippen molar-refractivity contribution in [2.45, 2.75) is 46.1 Å². The summed E-state index contributed by atoms with van der Waals surface area (Å²) in [5.74, 6) is -0.956. The van der Waals surface area contributed by atoms with Gasteiger partial charge in [-0.1, -0.05) is 20.8 Å². The quantitative estimate of drug-likeness (QED) is 0.833. The number of nitrogens with one attached hydrogen (secondary N) is 1. The average molecular weight is 374 g/mol. The van der Waals surface area contributed by atoms with Crippen LogP contribution in [0.2, 0.25) is 0 Å². The molecule has 2 heterocycles. The van der Waals surface area contributed by atoms with Gasteiger partial charge in [0.05, 0.1) is 23.5 Å². The van der Waals surface area contributed by atoms with Gasteiger partial charge in [-0.3, -0.25) is 4.79 Å². The highest BCUT2D eigenvalue weighted by atomic mass is 19.4. The predicted molar refractivity (Wildman–Crippen MR) is 88.4 cm³/mol. The van der Waals surface area contributed by atoms with Crippen LogP contribution in [0.5, 0.6) is 0 Å². The van der Waals surface area contributed by atoms with Gasteiger partial charge in [0, 0.05) is 12.5 Å². The number of hydrogen-bond acceptors (Lipinski definition) is 4. The summed E-state index contributed by atoms with van der Waals surface area (Å²) in [6, 6.07) is -0.637. The molecule has 1 aromatic heterocycles. The van der Waals surface area contributed by atoms with Gasteiger partial charge in [-0.2, -0.15) is 13.2 Å². The van der Waals surface area contributed by atoms with Gasteiger partial charge < -0.3 is 15.3 Å². The Morgan fingerprint density at radius 3 is 2.31 bits per heavy atom. The van der Waals surface area contributed by atoms with Crippen molar-refractivity contribution in [3.63, 3.8) is 0 Å². The first kappa shape index (κ1) is 20.0. The zero-order valence-corrected chi connectivity index (χ0v) is 15.0. The molecule has 2 N–H and O–H groups in total. The number of amides is 3. The van der Waals surface area contributed by atoms with Crippen LogP contribution in [0.4, 0.5) is 29.5 Å². The molecule has 7 nitrogen and oxygen atoms in total. The van der Waals surface area contributed by atoms with Crippen molar-refractivity contribution in [3.8, 4) is 0 Å². The Kier molecular flexibility index (Phi) is 4.93. The molecule has 0 aromatic carbocycles. The number of likely N-dealkylation sites (N-methyl/N-ethyl adjacent to an activating group) is 1. The summed E-state index contributed by atoms with van der Waals surface area (Å²) in [6.45, 7) is 6.25. The monoisotopic (exact) mass is 374 g/mol. The van der Waals surface area contributed by atoms with Crippen molar-refractivity contribution in [2.75, 3.05) is 17.3 Å². The lowest BCUT2D eigenvalue weighted by Crippen LogP contribution is -2.36. The highest BCUT2D eigenvalue weighted by Crippen LogP contribution is 2.38. The minimum absolute atomic E-state index is 0.347. The van der Waals surface area contributed by atoms with Gasteiger partial charge in [0.25, 0.3) is 0 Å². The molecule has 0 saturated carbocycles. The highest BCUT2D eigenvalue weighted by molar-refractivity contribution is 5.96. The van der Waals surface area contributed by atoms with E-state index in [1.165, 1.54) is 11.9 Å². The Balaban J connectivity index is 2.47. The number of rotatable bonds is 2. The van der Waals surface area contributed by atoms with Crippen molar-refractivity contribution in [1.82, 2.24) is 9.88 Å². The van der Waals surface area contributed by atoms with Gasteiger partial charge in [-0.05, 0) is 13.0 Å². The van der Waals surface area contributed by atoms with E-state index in [1.807, 2.05) is 0 Å². The third-order valence-corrected chi connectivity index (χ3v) is 4.19. The number of aliphatic hydroxyl groups excluding tert-OH is 1. The number of alkyl halides is 3. The van der Waals surface area contributed by atoms with Gasteiger partial charge in [0.1, 0.15) is 5.82 Å². The first-order valence-electron chi connectivity index (χ1n) is 7.88. The number of aliphatic hydroxyl groups is 1. The molecule has 0 spiro atoms. The smallest absolute Gasteiger partial charge is 0.371 e. The van der Waals surface area contributed by atoms with E-state index in [2.05, 4.69) is 10.3 Å². The molecule has 1 aliphatic heterocycles. The minimum atomic E-state index is -4.79. The summed E-state index contributed by atoms with van der Waals surface area (Å²) >= 11 is 0. The van der Waals surface area contributed by atoms with Crippen LogP contribution in [0.3, 0.4) is 0 Å². The van der Waals surface area contributed by atoms with Gasteiger partial charge in [-0.15, -0.1) is 0 Å². The molecular formula is C16H21F3N4O3. The molecule has 2 atom stereocenters. The molecule has 0 aliphatic carbocycles. The SMILES string of the molecule is CC1C(O)N(c2cc(C(F)(F)F)c(NC(=O)C(C)(C)C)cn2)C(=O)N1C. The molecule has 1 saturated heterocycles. The van der Waals surface area contributed by atoms with E-state index in [0.29, 0.717) is 6.07 Å². The Labute approximate surface area is 148 Å². The minimum Gasteiger partial charge on any atom is -0.371 e. The lowest BCUT2D eigenvalue weighted by atomic mass is 9.95. The number of carbonyl (C=O) groups is 2. The first-order valence-corrected chi connectivity index (χ1v) is 7.88. The van der Waals surface area contributed by atoms with E-state index in [1.54, 1.807) is 27.7 Å². The number of hydrogen-bond donors (Lipinski definition) is 2. The zero-order valence-electron chi connectivity index (χ0n) is 15.0. The molecule has 10 heteroatoms. The van der Waals surface area contributed by atoms with Crippen molar-refractivity contribution in [2.24, 2.45) is 5.41 Å². The Morgan fingerprint density at radius 2 is 1.88 bits per heavy atom. The maximum absolute atomic E-state index is 13.5. The fourth-order valence-corrected chi connectivity index (χ4v) is 2.33. The second-order valence-electron chi connectivity index (χ2n) is 7.21. The number of nitrogens with zero attached hydrogens (tertiary/aromatic N) is 3. The molecule has 3 amide bonds. The summed E-state index contributed by atoms with van der Waals surface area (Å²) in [5.41, 5.74) is -2.56. The Hall–Kier alpha value is -2.36. The number of halogens is 3. The van der Waals surface area contributed by atoms with E-state index in [-0.39, 0.29) is 5.82 Å². The topological polar surface area (TPSA) is 85.8 Å². The largest absolute Gasteiger partial charge is 0.418 e. The fourth-order valence-electron chi connectivity index (χ4n) is 2.33. The van der Waals surface area contributed by atoms with Gasteiger partial charge in [-0.25, -0.2) is 14.7 Å². The molecule has 1 fully saturated rings. The number of pyridine rings is 1. The summed E-state index contributed by atoms with van der Waals surface area (Å²) in [6.07, 6.45) is -5.29. The van der Waals surface area contributed by atoms with E-state index < -0.39 is 47.1 Å². The maximum Gasteiger partial charge on any atom is 0.418 e. The van der Waals surface area contributed by atoms with Crippen LogP contribution < -0.4 is 10.2 Å². The molecule has 1 aliphatic rings. The van der Waals surface area contributed by atoms with Crippen LogP contribution in [-0.2, 0) is 11.0 Å². The van der Waals surface area contributed by atoms with Crippen LogP contribution >= 0.6 is 0 Å². The van der Waals surface area contributed by atoms with E-state index in [9.17, 15) is 27.9 Å². The van der Waals surface area contributed by atoms with Crippen LogP contribution in [-0.4, -0.2) is 46.2 Å². The van der Waals surface area contributed by atoms with Crippen LogP contribution in [0, 0.1) is 5.41 Å². The predicted octanol–water partition coefficient (Wildman–Crippen LogP) is 2.66. The summed E-state index contributed by atoms with van der Waals surface area (Å²) in [7, 11) is 1.43. The van der Waals surface area contributed by atoms with Gasteiger partial charge >= 0.3 is 12.2 Å². The van der Waals surface area contributed by atoms with E-state index in [0.717, 1.165) is 11.1 Å². The third kappa shape index (κ3) is 3.59. The fraction of sp³-hybridized carbons (Fsp3) is 0.562. The number of aromatic nitrogens is 1.